The topological polar surface area (TPSA) is 93.1 Å². The molecule has 0 bridgehead atoms. The quantitative estimate of drug-likeness (QED) is 0.227. The van der Waals surface area contributed by atoms with E-state index in [1.807, 2.05) is 0 Å². The molecule has 1 rings (SSSR count). The van der Waals surface area contributed by atoms with E-state index in [1.165, 1.54) is 0 Å². The molecule has 1 heterocycles. The van der Waals surface area contributed by atoms with Crippen LogP contribution in [0.1, 0.15) is 0 Å². The first kappa shape index (κ1) is 12.8. The first-order chi connectivity index (χ1) is 3.71. The average Bonchev–Trinajstić information content (AvgIpc) is 1.69. The zero-order valence-corrected chi connectivity index (χ0v) is 7.98. The summed E-state index contributed by atoms with van der Waals surface area (Å²) in [4.78, 5) is 0. The van der Waals surface area contributed by atoms with Crippen LogP contribution in [0.25, 0.3) is 0 Å². The van der Waals surface area contributed by atoms with Gasteiger partial charge < -0.3 is 0 Å². The normalized spacial score (nSPS) is 19.8. The van der Waals surface area contributed by atoms with E-state index in [4.69, 9.17) is 10.5 Å². The summed E-state index contributed by atoms with van der Waals surface area (Å²) >= 11 is 0.456. The second kappa shape index (κ2) is 5.89. The molecule has 0 saturated carbocycles. The van der Waals surface area contributed by atoms with Crippen molar-refractivity contribution in [3.8, 4) is 0 Å². The molecule has 0 aromatic carbocycles. The van der Waals surface area contributed by atoms with Gasteiger partial charge in [-0.15, -0.1) is 7.26 Å². The van der Waals surface area contributed by atoms with Crippen molar-refractivity contribution in [2.24, 2.45) is 0 Å². The van der Waals surface area contributed by atoms with Crippen molar-refractivity contribution in [2.45, 2.75) is 0 Å². The molecule has 1 aliphatic heterocycles. The van der Waals surface area contributed by atoms with Crippen LogP contribution in [0, 0.1) is 0 Å². The van der Waals surface area contributed by atoms with Gasteiger partial charge in [0, 0.05) is 29.6 Å². The van der Waals surface area contributed by atoms with E-state index in [-0.39, 0.29) is 29.6 Å². The van der Waals surface area contributed by atoms with Crippen molar-refractivity contribution in [2.75, 3.05) is 0 Å². The molecule has 0 unspecified atom stereocenters. The molecule has 9 heteroatoms. The standard InChI is InChI=1S/Na.O4S2.H2O2/c;1-6(2)3-5-4-6;1-2/h;;1-2H. The maximum Gasteiger partial charge on any atom is 0.425 e. The first-order valence-corrected chi connectivity index (χ1v) is 3.20. The van der Waals surface area contributed by atoms with Crippen molar-refractivity contribution in [3.05, 3.63) is 0 Å². The van der Waals surface area contributed by atoms with Gasteiger partial charge in [-0.2, -0.15) is 8.42 Å². The van der Waals surface area contributed by atoms with Crippen LogP contribution < -0.4 is 0 Å². The monoisotopic (exact) mass is 185 g/mol. The van der Waals surface area contributed by atoms with Gasteiger partial charge in [-0.25, -0.2) is 0 Å². The third-order valence-corrected chi connectivity index (χ3v) is 2.00. The minimum absolute atomic E-state index is 0. The molecule has 0 aromatic rings. The summed E-state index contributed by atoms with van der Waals surface area (Å²) in [7, 11) is -3.52. The van der Waals surface area contributed by atoms with E-state index in [0.717, 1.165) is 0 Å². The van der Waals surface area contributed by atoms with Crippen LogP contribution in [0.4, 0.5) is 0 Å². The predicted octanol–water partition coefficient (Wildman–Crippen LogP) is -0.522. The van der Waals surface area contributed by atoms with Gasteiger partial charge in [-0.1, -0.05) is 0 Å². The predicted molar refractivity (Wildman–Crippen MR) is 29.7 cm³/mol. The van der Waals surface area contributed by atoms with Crippen molar-refractivity contribution in [1.82, 2.24) is 0 Å². The second-order valence-corrected chi connectivity index (χ2v) is 2.65. The molecule has 1 saturated heterocycles. The van der Waals surface area contributed by atoms with Gasteiger partial charge in [0.2, 0.25) is 0 Å². The van der Waals surface area contributed by atoms with E-state index in [2.05, 4.69) is 7.26 Å². The molecule has 1 fully saturated rings. The Hall–Kier alpha value is 1.14. The fourth-order valence-corrected chi connectivity index (χ4v) is 0.658. The molecule has 6 nitrogen and oxygen atoms in total. The Bertz CT molecular complexity index is 125. The molecule has 1 radical (unpaired) electrons. The van der Waals surface area contributed by atoms with E-state index >= 15 is 0 Å². The zero-order valence-electron chi connectivity index (χ0n) is 4.34. The summed E-state index contributed by atoms with van der Waals surface area (Å²) in [6.45, 7) is 0. The third-order valence-electron chi connectivity index (χ3n) is 0.222. The second-order valence-electron chi connectivity index (χ2n) is 0.612. The fraction of sp³-hybridized carbons (Fsp3) is 0. The van der Waals surface area contributed by atoms with Gasteiger partial charge in [0.05, 0.1) is 0 Å². The van der Waals surface area contributed by atoms with Crippen molar-refractivity contribution < 1.29 is 26.2 Å². The van der Waals surface area contributed by atoms with Crippen LogP contribution in [0.2, 0.25) is 0 Å². The van der Waals surface area contributed by atoms with Crippen molar-refractivity contribution >= 4 is 52.3 Å². The van der Waals surface area contributed by atoms with Crippen molar-refractivity contribution in [3.63, 3.8) is 0 Å². The Labute approximate surface area is 78.1 Å². The molecule has 0 amide bonds. The van der Waals surface area contributed by atoms with Crippen LogP contribution in [-0.2, 0) is 17.7 Å². The van der Waals surface area contributed by atoms with E-state index in [9.17, 15) is 8.42 Å². The van der Waals surface area contributed by atoms with Gasteiger partial charge in [0.25, 0.3) is 0 Å². The molecule has 0 spiro atoms. The summed E-state index contributed by atoms with van der Waals surface area (Å²) in [6.07, 6.45) is 0. The molecule has 1 aliphatic rings. The van der Waals surface area contributed by atoms with E-state index < -0.39 is 10.4 Å². The van der Waals surface area contributed by atoms with Crippen LogP contribution in [0.5, 0.6) is 0 Å². The minimum atomic E-state index is -3.52. The largest absolute Gasteiger partial charge is 0.425 e. The molecule has 9 heavy (non-hydrogen) atoms. The van der Waals surface area contributed by atoms with Crippen LogP contribution in [-0.4, -0.2) is 48.5 Å². The molecule has 2 N–H and O–H groups in total. The maximum atomic E-state index is 9.62. The molecular weight excluding hydrogens is 183 g/mol. The van der Waals surface area contributed by atoms with Gasteiger partial charge in [-0.3, -0.25) is 10.5 Å². The number of rotatable bonds is 0. The van der Waals surface area contributed by atoms with E-state index in [0.29, 0.717) is 12.3 Å². The van der Waals surface area contributed by atoms with Gasteiger partial charge >= 0.3 is 10.4 Å². The van der Waals surface area contributed by atoms with Gasteiger partial charge in [-0.05, 0) is 0 Å². The van der Waals surface area contributed by atoms with Crippen LogP contribution in [0.15, 0.2) is 0 Å². The molecule has 0 atom stereocenters. The minimum Gasteiger partial charge on any atom is -0.255 e. The Balaban J connectivity index is 0. The Morgan fingerprint density at radius 3 is 1.44 bits per heavy atom. The first-order valence-electron chi connectivity index (χ1n) is 1.20. The third kappa shape index (κ3) is 5.58. The Morgan fingerprint density at radius 1 is 1.22 bits per heavy atom. The van der Waals surface area contributed by atoms with Crippen molar-refractivity contribution in [1.29, 1.82) is 0 Å². The van der Waals surface area contributed by atoms with Gasteiger partial charge in [0.15, 0.2) is 12.3 Å². The fourth-order valence-electron chi connectivity index (χ4n) is 0.0731. The summed E-state index contributed by atoms with van der Waals surface area (Å²) in [5.74, 6) is 0. The average molecular weight is 185 g/mol. The number of hydrogen-bond acceptors (Lipinski definition) is 7. The van der Waals surface area contributed by atoms with Crippen LogP contribution >= 0.6 is 12.3 Å². The SMILES string of the molecule is O=S1(=O)OSO1.OO.[Na]. The number of hydrogen-bond donors (Lipinski definition) is 2. The molecule has 51 valence electrons. The van der Waals surface area contributed by atoms with Gasteiger partial charge in [0.1, 0.15) is 0 Å². The smallest absolute Gasteiger partial charge is 0.255 e. The van der Waals surface area contributed by atoms with E-state index in [1.54, 1.807) is 0 Å². The molecule has 0 aliphatic carbocycles. The molecule has 0 aromatic heterocycles. The molecular formula is H2NaO6S2. The maximum absolute atomic E-state index is 9.62. The summed E-state index contributed by atoms with van der Waals surface area (Å²) in [5, 5.41) is 12.0. The Morgan fingerprint density at radius 2 is 1.44 bits per heavy atom. The Kier molecular flexibility index (Phi) is 8.37. The summed E-state index contributed by atoms with van der Waals surface area (Å²) < 4.78 is 26.8. The summed E-state index contributed by atoms with van der Waals surface area (Å²) in [5.41, 5.74) is 0. The zero-order chi connectivity index (χ0) is 6.62. The van der Waals surface area contributed by atoms with Crippen LogP contribution in [0.3, 0.4) is 0 Å². The summed E-state index contributed by atoms with van der Waals surface area (Å²) in [6, 6.07) is 0.